The number of amides is 1. The van der Waals surface area contributed by atoms with E-state index in [9.17, 15) is 9.59 Å². The zero-order chi connectivity index (χ0) is 13.3. The van der Waals surface area contributed by atoms with Gasteiger partial charge >= 0.3 is 5.97 Å². The maximum Gasteiger partial charge on any atom is 0.328 e. The zero-order valence-electron chi connectivity index (χ0n) is 9.65. The number of methoxy groups -OCH3 is 1. The summed E-state index contributed by atoms with van der Waals surface area (Å²) in [6.07, 6.45) is 0.739. The van der Waals surface area contributed by atoms with Crippen molar-refractivity contribution in [2.75, 3.05) is 12.0 Å². The monoisotopic (exact) mass is 287 g/mol. The summed E-state index contributed by atoms with van der Waals surface area (Å²) in [7, 11) is 1.30. The molecular weight excluding hydrogens is 277 g/mol. The number of carbonyl (C=O) groups is 2. The smallest absolute Gasteiger partial charge is 0.328 e. The van der Waals surface area contributed by atoms with E-state index in [1.807, 2.05) is 0 Å². The molecule has 0 aliphatic carbocycles. The fraction of sp³-hybridized carbons (Fsp3) is 0.333. The number of nitrogens with zero attached hydrogens (tertiary/aromatic N) is 1. The van der Waals surface area contributed by atoms with Gasteiger partial charge in [-0.3, -0.25) is 9.69 Å². The van der Waals surface area contributed by atoms with Gasteiger partial charge in [-0.15, -0.1) is 0 Å². The van der Waals surface area contributed by atoms with Crippen molar-refractivity contribution in [1.29, 1.82) is 0 Å². The molecule has 1 aliphatic heterocycles. The number of anilines is 1. The lowest BCUT2D eigenvalue weighted by Crippen LogP contribution is -2.39. The average molecular weight is 288 g/mol. The highest BCUT2D eigenvalue weighted by molar-refractivity contribution is 6.37. The van der Waals surface area contributed by atoms with Crippen LogP contribution in [0.2, 0.25) is 10.0 Å². The van der Waals surface area contributed by atoms with Gasteiger partial charge in [-0.1, -0.05) is 23.2 Å². The lowest BCUT2D eigenvalue weighted by molar-refractivity contribution is -0.142. The number of hydrogen-bond donors (Lipinski definition) is 0. The minimum absolute atomic E-state index is 0.144. The molecule has 0 radical (unpaired) electrons. The summed E-state index contributed by atoms with van der Waals surface area (Å²) >= 11 is 11.9. The van der Waals surface area contributed by atoms with Gasteiger partial charge in [0, 0.05) is 11.4 Å². The molecule has 0 saturated carbocycles. The van der Waals surface area contributed by atoms with E-state index in [2.05, 4.69) is 0 Å². The van der Waals surface area contributed by atoms with Gasteiger partial charge < -0.3 is 4.74 Å². The standard InChI is InChI=1S/C12H11Cl2NO3/c1-18-12(17)10-4-5-11(16)15(10)9-3-2-7(13)6-8(9)14/h2-3,6,10H,4-5H2,1H3/t10-/m0/s1. The summed E-state index contributed by atoms with van der Waals surface area (Å²) in [6, 6.07) is 4.19. The number of carbonyl (C=O) groups excluding carboxylic acids is 2. The second kappa shape index (κ2) is 5.16. The van der Waals surface area contributed by atoms with Crippen LogP contribution in [-0.4, -0.2) is 25.0 Å². The van der Waals surface area contributed by atoms with Crippen molar-refractivity contribution in [3.05, 3.63) is 28.2 Å². The zero-order valence-corrected chi connectivity index (χ0v) is 11.2. The number of esters is 1. The fourth-order valence-corrected chi connectivity index (χ4v) is 2.52. The third-order valence-corrected chi connectivity index (χ3v) is 3.39. The Hall–Kier alpha value is -1.26. The molecule has 0 unspecified atom stereocenters. The van der Waals surface area contributed by atoms with Gasteiger partial charge in [-0.2, -0.15) is 0 Å². The van der Waals surface area contributed by atoms with Gasteiger partial charge in [-0.25, -0.2) is 4.79 Å². The van der Waals surface area contributed by atoms with Crippen molar-refractivity contribution in [1.82, 2.24) is 0 Å². The van der Waals surface area contributed by atoms with Crippen LogP contribution in [0.3, 0.4) is 0 Å². The topological polar surface area (TPSA) is 46.6 Å². The van der Waals surface area contributed by atoms with E-state index in [0.717, 1.165) is 0 Å². The normalized spacial score (nSPS) is 19.2. The Labute approximate surface area is 114 Å². The molecule has 4 nitrogen and oxygen atoms in total. The van der Waals surface area contributed by atoms with Crippen LogP contribution in [0.1, 0.15) is 12.8 Å². The Balaban J connectivity index is 2.39. The summed E-state index contributed by atoms with van der Waals surface area (Å²) in [5, 5.41) is 0.816. The van der Waals surface area contributed by atoms with Crippen LogP contribution in [-0.2, 0) is 14.3 Å². The van der Waals surface area contributed by atoms with Crippen molar-refractivity contribution < 1.29 is 14.3 Å². The third-order valence-electron chi connectivity index (χ3n) is 2.85. The highest BCUT2D eigenvalue weighted by atomic mass is 35.5. The van der Waals surface area contributed by atoms with Crippen molar-refractivity contribution in [2.24, 2.45) is 0 Å². The van der Waals surface area contributed by atoms with E-state index in [0.29, 0.717) is 28.6 Å². The van der Waals surface area contributed by atoms with Crippen LogP contribution in [0.25, 0.3) is 0 Å². The number of hydrogen-bond acceptors (Lipinski definition) is 3. The molecule has 1 aliphatic rings. The Morgan fingerprint density at radius 3 is 2.78 bits per heavy atom. The van der Waals surface area contributed by atoms with Gasteiger partial charge in [0.2, 0.25) is 5.91 Å². The molecule has 1 aromatic rings. The molecule has 2 rings (SSSR count). The van der Waals surface area contributed by atoms with E-state index in [-0.39, 0.29) is 5.91 Å². The molecule has 0 bridgehead atoms. The van der Waals surface area contributed by atoms with Crippen molar-refractivity contribution >= 4 is 40.8 Å². The molecule has 96 valence electrons. The summed E-state index contributed by atoms with van der Waals surface area (Å²) in [5.74, 6) is -0.582. The Morgan fingerprint density at radius 2 is 2.17 bits per heavy atom. The number of benzene rings is 1. The maximum absolute atomic E-state index is 11.9. The molecule has 18 heavy (non-hydrogen) atoms. The summed E-state index contributed by atoms with van der Waals surface area (Å²) in [4.78, 5) is 24.9. The van der Waals surface area contributed by atoms with Gasteiger partial charge in [0.1, 0.15) is 6.04 Å². The molecule has 0 aromatic heterocycles. The SMILES string of the molecule is COC(=O)[C@@H]1CCC(=O)N1c1ccc(Cl)cc1Cl. The van der Waals surface area contributed by atoms with Crippen LogP contribution >= 0.6 is 23.2 Å². The van der Waals surface area contributed by atoms with Crippen LogP contribution in [0.4, 0.5) is 5.69 Å². The quantitative estimate of drug-likeness (QED) is 0.786. The number of halogens is 2. The second-order valence-corrected chi connectivity index (χ2v) is 4.78. The van der Waals surface area contributed by atoms with Gasteiger partial charge in [0.05, 0.1) is 17.8 Å². The Kier molecular flexibility index (Phi) is 3.78. The van der Waals surface area contributed by atoms with Crippen LogP contribution in [0, 0.1) is 0 Å². The minimum Gasteiger partial charge on any atom is -0.467 e. The maximum atomic E-state index is 11.9. The highest BCUT2D eigenvalue weighted by Gasteiger charge is 2.38. The van der Waals surface area contributed by atoms with Crippen LogP contribution in [0.5, 0.6) is 0 Å². The van der Waals surface area contributed by atoms with Crippen LogP contribution < -0.4 is 4.90 Å². The highest BCUT2D eigenvalue weighted by Crippen LogP contribution is 2.34. The molecule has 1 amide bonds. The van der Waals surface area contributed by atoms with Crippen LogP contribution in [0.15, 0.2) is 18.2 Å². The Bertz CT molecular complexity index is 504. The first-order valence-electron chi connectivity index (χ1n) is 5.39. The van der Waals surface area contributed by atoms with E-state index in [4.69, 9.17) is 27.9 Å². The third kappa shape index (κ3) is 2.31. The first-order valence-corrected chi connectivity index (χ1v) is 6.15. The molecular formula is C12H11Cl2NO3. The predicted octanol–water partition coefficient (Wildman–Crippen LogP) is 2.66. The lowest BCUT2D eigenvalue weighted by Gasteiger charge is -2.23. The number of ether oxygens (including phenoxy) is 1. The van der Waals surface area contributed by atoms with E-state index >= 15 is 0 Å². The van der Waals surface area contributed by atoms with Gasteiger partial charge in [0.15, 0.2) is 0 Å². The van der Waals surface area contributed by atoms with Gasteiger partial charge in [-0.05, 0) is 24.6 Å². The number of rotatable bonds is 2. The van der Waals surface area contributed by atoms with Crippen molar-refractivity contribution in [3.8, 4) is 0 Å². The minimum atomic E-state index is -0.610. The average Bonchev–Trinajstić information content (AvgIpc) is 2.70. The molecule has 6 heteroatoms. The molecule has 1 heterocycles. The molecule has 1 aromatic carbocycles. The van der Waals surface area contributed by atoms with Gasteiger partial charge in [0.25, 0.3) is 0 Å². The molecule has 1 atom stereocenters. The lowest BCUT2D eigenvalue weighted by atomic mass is 10.2. The first kappa shape index (κ1) is 13.2. The summed E-state index contributed by atoms with van der Waals surface area (Å²) in [5.41, 5.74) is 0.485. The predicted molar refractivity (Wildman–Crippen MR) is 69.0 cm³/mol. The molecule has 0 N–H and O–H groups in total. The van der Waals surface area contributed by atoms with Crippen molar-refractivity contribution in [3.63, 3.8) is 0 Å². The Morgan fingerprint density at radius 1 is 1.44 bits per heavy atom. The van der Waals surface area contributed by atoms with E-state index in [1.165, 1.54) is 12.0 Å². The molecule has 1 fully saturated rings. The van der Waals surface area contributed by atoms with E-state index in [1.54, 1.807) is 18.2 Å². The summed E-state index contributed by atoms with van der Waals surface area (Å²) in [6.45, 7) is 0. The molecule has 0 spiro atoms. The fourth-order valence-electron chi connectivity index (χ4n) is 2.02. The summed E-state index contributed by atoms with van der Waals surface area (Å²) < 4.78 is 4.70. The first-order chi connectivity index (χ1) is 8.54. The largest absolute Gasteiger partial charge is 0.467 e. The van der Waals surface area contributed by atoms with Crippen molar-refractivity contribution in [2.45, 2.75) is 18.9 Å². The molecule has 1 saturated heterocycles. The second-order valence-electron chi connectivity index (χ2n) is 3.94. The van der Waals surface area contributed by atoms with E-state index < -0.39 is 12.0 Å².